The number of fused-ring (bicyclic) bond motifs is 1. The van der Waals surface area contributed by atoms with Gasteiger partial charge in [-0.2, -0.15) is 5.10 Å². The van der Waals surface area contributed by atoms with Crippen LogP contribution in [0.3, 0.4) is 0 Å². The first-order valence-electron chi connectivity index (χ1n) is 13.2. The van der Waals surface area contributed by atoms with E-state index in [1.54, 1.807) is 42.4 Å². The van der Waals surface area contributed by atoms with Gasteiger partial charge in [0.15, 0.2) is 0 Å². The van der Waals surface area contributed by atoms with E-state index in [-0.39, 0.29) is 24.1 Å². The number of carbonyl (C=O) groups excluding carboxylic acids is 2. The Bertz CT molecular complexity index is 1700. The Balaban J connectivity index is 1.21. The number of anilines is 2. The molecule has 6 rings (SSSR count). The van der Waals surface area contributed by atoms with Gasteiger partial charge in [-0.3, -0.25) is 24.2 Å². The van der Waals surface area contributed by atoms with Gasteiger partial charge in [-0.05, 0) is 47.8 Å². The summed E-state index contributed by atoms with van der Waals surface area (Å²) in [6.45, 7) is 2.09. The van der Waals surface area contributed by atoms with E-state index in [4.69, 9.17) is 11.6 Å². The van der Waals surface area contributed by atoms with Crippen LogP contribution >= 0.6 is 30.1 Å². The Hall–Kier alpha value is -3.36. The van der Waals surface area contributed by atoms with Crippen molar-refractivity contribution in [2.75, 3.05) is 23.4 Å². The van der Waals surface area contributed by atoms with Crippen LogP contribution in [0.25, 0.3) is 11.3 Å². The summed E-state index contributed by atoms with van der Waals surface area (Å²) in [7, 11) is 4.60. The van der Waals surface area contributed by atoms with Gasteiger partial charge in [-0.25, -0.2) is 14.4 Å². The normalized spacial score (nSPS) is 19.0. The highest BCUT2D eigenvalue weighted by Crippen LogP contribution is 2.47. The van der Waals surface area contributed by atoms with E-state index in [0.29, 0.717) is 62.4 Å². The van der Waals surface area contributed by atoms with Crippen LogP contribution in [-0.2, 0) is 4.79 Å². The Morgan fingerprint density at radius 3 is 2.71 bits per heavy atom. The molecule has 1 aliphatic heterocycles. The lowest BCUT2D eigenvalue weighted by molar-refractivity contribution is -0.118. The summed E-state index contributed by atoms with van der Waals surface area (Å²) in [5, 5.41) is 18.2. The summed E-state index contributed by atoms with van der Waals surface area (Å²) < 4.78 is 15.9. The minimum absolute atomic E-state index is 0.0577. The second-order valence-electron chi connectivity index (χ2n) is 10.4. The Morgan fingerprint density at radius 2 is 2.05 bits per heavy atom. The monoisotopic (exact) mass is 625 g/mol. The van der Waals surface area contributed by atoms with Gasteiger partial charge in [0, 0.05) is 35.4 Å². The van der Waals surface area contributed by atoms with Gasteiger partial charge in [0.1, 0.15) is 23.5 Å². The van der Waals surface area contributed by atoms with Crippen LogP contribution in [-0.4, -0.2) is 54.8 Å². The van der Waals surface area contributed by atoms with Gasteiger partial charge < -0.3 is 10.4 Å². The predicted molar refractivity (Wildman–Crippen MR) is 164 cm³/mol. The molecule has 1 saturated heterocycles. The van der Waals surface area contributed by atoms with E-state index in [0.717, 1.165) is 6.42 Å². The van der Waals surface area contributed by atoms with Crippen molar-refractivity contribution < 1.29 is 19.1 Å². The molecule has 1 saturated carbocycles. The van der Waals surface area contributed by atoms with E-state index in [1.807, 2.05) is 6.07 Å². The van der Waals surface area contributed by atoms with E-state index < -0.39 is 17.9 Å². The van der Waals surface area contributed by atoms with Crippen LogP contribution < -0.4 is 15.5 Å². The topological polar surface area (TPSA) is 126 Å². The smallest absolute Gasteiger partial charge is 0.276 e. The molecular weight excluding hydrogens is 599 g/mol. The molecule has 0 bridgehead atoms. The lowest BCUT2D eigenvalue weighted by atomic mass is 10.0. The quantitative estimate of drug-likeness (QED) is 0.285. The zero-order chi connectivity index (χ0) is 29.7. The number of pyridine rings is 1. The highest BCUT2D eigenvalue weighted by Gasteiger charge is 2.52. The van der Waals surface area contributed by atoms with Crippen molar-refractivity contribution in [2.45, 2.75) is 25.3 Å². The number of hydrogen-bond donors (Lipinski definition) is 2. The summed E-state index contributed by atoms with van der Waals surface area (Å²) in [4.78, 5) is 40.7. The number of carbonyl (C=O) groups is 2. The average molecular weight is 626 g/mol. The molecule has 3 aromatic heterocycles. The van der Waals surface area contributed by atoms with Crippen LogP contribution in [0.5, 0.6) is 0 Å². The lowest BCUT2D eigenvalue weighted by Crippen LogP contribution is -2.28. The van der Waals surface area contributed by atoms with Gasteiger partial charge >= 0.3 is 0 Å². The molecule has 0 spiro atoms. The second kappa shape index (κ2) is 11.4. The van der Waals surface area contributed by atoms with Gasteiger partial charge in [0.05, 0.1) is 36.1 Å². The molecule has 42 heavy (non-hydrogen) atoms. The molecule has 0 radical (unpaired) electrons. The Labute approximate surface area is 250 Å². The number of aromatic nitrogens is 5. The number of nitrogens with zero attached hydrogens (tertiary/aromatic N) is 6. The van der Waals surface area contributed by atoms with Crippen molar-refractivity contribution >= 4 is 58.7 Å². The van der Waals surface area contributed by atoms with Crippen molar-refractivity contribution in [3.8, 4) is 11.3 Å². The first-order chi connectivity index (χ1) is 20.2. The molecule has 2 fully saturated rings. The Morgan fingerprint density at radius 1 is 1.24 bits per heavy atom. The Kier molecular flexibility index (Phi) is 7.79. The number of piperidine rings is 1. The SMILES string of the molecule is Cc1ncc(-c2c(C(F)P)ccc(Cl)c2P)nc1C(=O)Nc1cnn(C(CO)c2ccc(N3CC4CC4C3=O)nc2)c1. The van der Waals surface area contributed by atoms with Crippen LogP contribution in [0.2, 0.25) is 5.02 Å². The molecule has 1 aromatic carbocycles. The van der Waals surface area contributed by atoms with Crippen LogP contribution in [0, 0.1) is 18.8 Å². The van der Waals surface area contributed by atoms with E-state index in [1.165, 1.54) is 17.1 Å². The summed E-state index contributed by atoms with van der Waals surface area (Å²) in [5.74, 6) is -0.607. The van der Waals surface area contributed by atoms with Crippen molar-refractivity contribution in [1.82, 2.24) is 24.7 Å². The number of amides is 2. The van der Waals surface area contributed by atoms with Crippen molar-refractivity contribution in [3.05, 3.63) is 76.6 Å². The maximum Gasteiger partial charge on any atom is 0.276 e. The summed E-state index contributed by atoms with van der Waals surface area (Å²) >= 11 is 6.29. The number of aliphatic hydroxyl groups is 1. The van der Waals surface area contributed by atoms with E-state index in [9.17, 15) is 19.1 Å². The molecule has 4 aromatic rings. The van der Waals surface area contributed by atoms with Crippen LogP contribution in [0.4, 0.5) is 15.9 Å². The minimum atomic E-state index is -1.37. The second-order valence-corrected chi connectivity index (χ2v) is 11.9. The fourth-order valence-electron chi connectivity index (χ4n) is 5.25. The molecule has 14 heteroatoms. The number of hydrogen-bond acceptors (Lipinski definition) is 7. The van der Waals surface area contributed by atoms with Crippen LogP contribution in [0.1, 0.15) is 45.7 Å². The third kappa shape index (κ3) is 5.31. The molecule has 2 amide bonds. The minimum Gasteiger partial charge on any atom is -0.394 e. The van der Waals surface area contributed by atoms with Gasteiger partial charge in [0.2, 0.25) is 5.91 Å². The molecule has 6 atom stereocenters. The fraction of sp³-hybridized carbons (Fsp3) is 0.286. The molecule has 4 heterocycles. The fourth-order valence-corrected chi connectivity index (χ4v) is 6.10. The zero-order valence-electron chi connectivity index (χ0n) is 22.4. The maximum atomic E-state index is 14.4. The number of aliphatic hydroxyl groups excluding tert-OH is 1. The van der Waals surface area contributed by atoms with E-state index >= 15 is 0 Å². The van der Waals surface area contributed by atoms with E-state index in [2.05, 4.69) is 43.8 Å². The molecule has 10 nitrogen and oxygen atoms in total. The highest BCUT2D eigenvalue weighted by molar-refractivity contribution is 7.28. The van der Waals surface area contributed by atoms with Gasteiger partial charge in [-0.1, -0.05) is 33.0 Å². The molecule has 1 aliphatic carbocycles. The number of alkyl halides is 1. The summed E-state index contributed by atoms with van der Waals surface area (Å²) in [5.41, 5.74) is 2.61. The molecule has 216 valence electrons. The number of benzene rings is 1. The number of nitrogens with one attached hydrogen (secondary N) is 1. The predicted octanol–water partition coefficient (Wildman–Crippen LogP) is 3.86. The molecule has 2 aliphatic rings. The highest BCUT2D eigenvalue weighted by atomic mass is 35.5. The number of aryl methyl sites for hydroxylation is 1. The largest absolute Gasteiger partial charge is 0.394 e. The molecule has 6 unspecified atom stereocenters. The molecular formula is C28H27ClFN7O3P2. The van der Waals surface area contributed by atoms with Crippen LogP contribution in [0.15, 0.2) is 49.1 Å². The third-order valence-electron chi connectivity index (χ3n) is 7.65. The number of rotatable bonds is 8. The maximum absolute atomic E-state index is 14.4. The third-order valence-corrected chi connectivity index (χ3v) is 9.13. The molecule has 2 N–H and O–H groups in total. The first-order valence-corrected chi connectivity index (χ1v) is 14.8. The summed E-state index contributed by atoms with van der Waals surface area (Å²) in [6.07, 6.45) is 7.12. The standard InChI is InChI=1S/C28H27ClFN7O3P2/c1-13-24(35-20(9-31-13)23-17(26(30)42)3-4-19(29)25(23)41)27(39)34-16-8-33-37(11-16)21(12-38)14-2-5-22(32-7-14)36-10-15-6-18(15)28(36)40/h2-5,7-9,11,15,18,21,26,38H,6,10,12,41-42H2,1H3,(H,34,39). The average Bonchev–Trinajstić information content (AvgIpc) is 3.49. The lowest BCUT2D eigenvalue weighted by Gasteiger charge is -2.19. The van der Waals surface area contributed by atoms with Crippen molar-refractivity contribution in [3.63, 3.8) is 0 Å². The summed E-state index contributed by atoms with van der Waals surface area (Å²) in [6, 6.07) is 6.20. The first kappa shape index (κ1) is 28.7. The van der Waals surface area contributed by atoms with Gasteiger partial charge in [0.25, 0.3) is 5.91 Å². The zero-order valence-corrected chi connectivity index (χ0v) is 25.5. The number of halogens is 2. The van der Waals surface area contributed by atoms with Crippen molar-refractivity contribution in [2.24, 2.45) is 11.8 Å². The van der Waals surface area contributed by atoms with Gasteiger partial charge in [-0.15, -0.1) is 9.24 Å². The van der Waals surface area contributed by atoms with Crippen molar-refractivity contribution in [1.29, 1.82) is 0 Å².